The lowest BCUT2D eigenvalue weighted by atomic mass is 9.93. The maximum Gasteiger partial charge on any atom is 0.125 e. The Kier molecular flexibility index (Phi) is 3.72. The van der Waals surface area contributed by atoms with Gasteiger partial charge in [0.05, 0.1) is 13.7 Å². The lowest BCUT2D eigenvalue weighted by molar-refractivity contribution is 0.207. The van der Waals surface area contributed by atoms with Crippen LogP contribution in [0.4, 0.5) is 0 Å². The lowest BCUT2D eigenvalue weighted by Crippen LogP contribution is -2.42. The second kappa shape index (κ2) is 4.64. The topological polar surface area (TPSA) is 55.5 Å². The van der Waals surface area contributed by atoms with E-state index >= 15 is 0 Å². The van der Waals surface area contributed by atoms with Crippen molar-refractivity contribution in [1.29, 1.82) is 0 Å². The number of methoxy groups -OCH3 is 1. The monoisotopic (exact) mass is 209 g/mol. The van der Waals surface area contributed by atoms with Crippen molar-refractivity contribution in [3.63, 3.8) is 0 Å². The van der Waals surface area contributed by atoms with E-state index in [1.165, 1.54) is 0 Å². The largest absolute Gasteiger partial charge is 0.496 e. The van der Waals surface area contributed by atoms with Gasteiger partial charge in [-0.05, 0) is 31.4 Å². The van der Waals surface area contributed by atoms with Gasteiger partial charge in [0.1, 0.15) is 5.75 Å². The summed E-state index contributed by atoms with van der Waals surface area (Å²) in [6.07, 6.45) is 0.606. The molecule has 3 nitrogen and oxygen atoms in total. The van der Waals surface area contributed by atoms with Gasteiger partial charge in [-0.25, -0.2) is 0 Å². The summed E-state index contributed by atoms with van der Waals surface area (Å²) >= 11 is 0. The number of rotatable bonds is 4. The van der Waals surface area contributed by atoms with E-state index in [4.69, 9.17) is 15.6 Å². The van der Waals surface area contributed by atoms with E-state index in [0.717, 1.165) is 16.9 Å². The third-order valence-corrected chi connectivity index (χ3v) is 2.45. The van der Waals surface area contributed by atoms with Crippen molar-refractivity contribution >= 4 is 0 Å². The molecular formula is C12H19NO2. The van der Waals surface area contributed by atoms with Crippen LogP contribution < -0.4 is 10.5 Å². The average molecular weight is 209 g/mol. The van der Waals surface area contributed by atoms with Crippen molar-refractivity contribution in [3.8, 4) is 5.75 Å². The number of benzene rings is 1. The molecule has 0 radical (unpaired) electrons. The van der Waals surface area contributed by atoms with Crippen LogP contribution in [0.15, 0.2) is 18.2 Å². The Bertz CT molecular complexity index is 334. The molecule has 3 heteroatoms. The van der Waals surface area contributed by atoms with E-state index in [-0.39, 0.29) is 6.61 Å². The molecule has 1 aromatic rings. The van der Waals surface area contributed by atoms with Crippen molar-refractivity contribution in [3.05, 3.63) is 29.3 Å². The van der Waals surface area contributed by atoms with Crippen molar-refractivity contribution in [2.24, 2.45) is 5.73 Å². The molecule has 0 aromatic heterocycles. The van der Waals surface area contributed by atoms with Crippen molar-refractivity contribution in [2.45, 2.75) is 25.8 Å². The summed E-state index contributed by atoms with van der Waals surface area (Å²) in [7, 11) is 1.65. The van der Waals surface area contributed by atoms with Gasteiger partial charge in [-0.2, -0.15) is 0 Å². The summed E-state index contributed by atoms with van der Waals surface area (Å²) in [4.78, 5) is 0. The number of ether oxygens (including phenoxy) is 1. The van der Waals surface area contributed by atoms with Crippen LogP contribution in [-0.2, 0) is 6.42 Å². The highest BCUT2D eigenvalue weighted by Crippen LogP contribution is 2.25. The summed E-state index contributed by atoms with van der Waals surface area (Å²) in [5, 5.41) is 9.12. The first-order valence-corrected chi connectivity index (χ1v) is 5.02. The molecule has 3 N–H and O–H groups in total. The van der Waals surface area contributed by atoms with E-state index in [1.54, 1.807) is 7.11 Å². The minimum atomic E-state index is -0.596. The summed E-state index contributed by atoms with van der Waals surface area (Å²) in [5.74, 6) is 0.864. The number of hydrogen-bond acceptors (Lipinski definition) is 3. The summed E-state index contributed by atoms with van der Waals surface area (Å²) in [6.45, 7) is 3.79. The molecule has 0 aliphatic rings. The smallest absolute Gasteiger partial charge is 0.125 e. The summed E-state index contributed by atoms with van der Waals surface area (Å²) in [6, 6.07) is 5.95. The Balaban J connectivity index is 2.99. The van der Waals surface area contributed by atoms with Crippen molar-refractivity contribution in [1.82, 2.24) is 0 Å². The van der Waals surface area contributed by atoms with Gasteiger partial charge in [-0.15, -0.1) is 0 Å². The number of aliphatic hydroxyl groups excluding tert-OH is 1. The molecule has 1 atom stereocenters. The molecular weight excluding hydrogens is 190 g/mol. The van der Waals surface area contributed by atoms with E-state index in [1.807, 2.05) is 32.0 Å². The van der Waals surface area contributed by atoms with Crippen LogP contribution in [0, 0.1) is 6.92 Å². The Morgan fingerprint density at radius 3 is 2.67 bits per heavy atom. The highest BCUT2D eigenvalue weighted by molar-refractivity contribution is 5.41. The maximum atomic E-state index is 9.12. The number of para-hydroxylation sites is 1. The van der Waals surface area contributed by atoms with E-state index in [0.29, 0.717) is 6.42 Å². The SMILES string of the molecule is COc1c(C)cccc1CC(C)(N)CO. The van der Waals surface area contributed by atoms with Crippen LogP contribution in [0.25, 0.3) is 0 Å². The first-order chi connectivity index (χ1) is 7.00. The predicted molar refractivity (Wildman–Crippen MR) is 61.1 cm³/mol. The Labute approximate surface area is 90.9 Å². The van der Waals surface area contributed by atoms with Crippen LogP contribution in [-0.4, -0.2) is 24.4 Å². The number of hydrogen-bond donors (Lipinski definition) is 2. The fraction of sp³-hybridized carbons (Fsp3) is 0.500. The minimum absolute atomic E-state index is 0.0376. The zero-order valence-corrected chi connectivity index (χ0v) is 9.58. The molecule has 0 aliphatic heterocycles. The average Bonchev–Trinajstić information content (AvgIpc) is 2.18. The molecule has 15 heavy (non-hydrogen) atoms. The van der Waals surface area contributed by atoms with Crippen LogP contribution >= 0.6 is 0 Å². The molecule has 84 valence electrons. The fourth-order valence-electron chi connectivity index (χ4n) is 1.64. The standard InChI is InChI=1S/C12H19NO2/c1-9-5-4-6-10(11(9)15-3)7-12(2,13)8-14/h4-6,14H,7-8,13H2,1-3H3. The van der Waals surface area contributed by atoms with Crippen molar-refractivity contribution < 1.29 is 9.84 Å². The number of aryl methyl sites for hydroxylation is 1. The molecule has 0 aliphatic carbocycles. The minimum Gasteiger partial charge on any atom is -0.496 e. The molecule has 0 fully saturated rings. The molecule has 0 saturated heterocycles. The molecule has 0 bridgehead atoms. The quantitative estimate of drug-likeness (QED) is 0.784. The number of aliphatic hydroxyl groups is 1. The highest BCUT2D eigenvalue weighted by Gasteiger charge is 2.20. The summed E-state index contributed by atoms with van der Waals surface area (Å²) < 4.78 is 5.33. The molecule has 0 saturated carbocycles. The first kappa shape index (κ1) is 12.0. The molecule has 1 unspecified atom stereocenters. The van der Waals surface area contributed by atoms with Gasteiger partial charge in [0.2, 0.25) is 0 Å². The van der Waals surface area contributed by atoms with Crippen LogP contribution in [0.1, 0.15) is 18.1 Å². The molecule has 1 aromatic carbocycles. The normalized spacial score (nSPS) is 14.7. The maximum absolute atomic E-state index is 9.12. The Morgan fingerprint density at radius 2 is 2.13 bits per heavy atom. The van der Waals surface area contributed by atoms with Gasteiger partial charge in [0.25, 0.3) is 0 Å². The number of nitrogens with two attached hydrogens (primary N) is 1. The van der Waals surface area contributed by atoms with Gasteiger partial charge < -0.3 is 15.6 Å². The third kappa shape index (κ3) is 2.94. The Hall–Kier alpha value is -1.06. The van der Waals surface area contributed by atoms with Gasteiger partial charge >= 0.3 is 0 Å². The van der Waals surface area contributed by atoms with Crippen LogP contribution in [0.2, 0.25) is 0 Å². The zero-order valence-electron chi connectivity index (χ0n) is 9.58. The van der Waals surface area contributed by atoms with Crippen molar-refractivity contribution in [2.75, 3.05) is 13.7 Å². The van der Waals surface area contributed by atoms with Gasteiger partial charge in [0, 0.05) is 5.54 Å². The first-order valence-electron chi connectivity index (χ1n) is 5.02. The van der Waals surface area contributed by atoms with E-state index < -0.39 is 5.54 Å². The van der Waals surface area contributed by atoms with Gasteiger partial charge in [0.15, 0.2) is 0 Å². The van der Waals surface area contributed by atoms with Gasteiger partial charge in [-0.1, -0.05) is 18.2 Å². The van der Waals surface area contributed by atoms with Crippen LogP contribution in [0.3, 0.4) is 0 Å². The summed E-state index contributed by atoms with van der Waals surface area (Å²) in [5.41, 5.74) is 7.45. The zero-order chi connectivity index (χ0) is 11.5. The second-order valence-corrected chi connectivity index (χ2v) is 4.26. The van der Waals surface area contributed by atoms with Crippen LogP contribution in [0.5, 0.6) is 5.75 Å². The highest BCUT2D eigenvalue weighted by atomic mass is 16.5. The van der Waals surface area contributed by atoms with E-state index in [2.05, 4.69) is 0 Å². The fourth-order valence-corrected chi connectivity index (χ4v) is 1.64. The molecule has 0 heterocycles. The third-order valence-electron chi connectivity index (χ3n) is 2.45. The molecule has 1 rings (SSSR count). The second-order valence-electron chi connectivity index (χ2n) is 4.26. The Morgan fingerprint density at radius 1 is 1.47 bits per heavy atom. The predicted octanol–water partition coefficient (Wildman–Crippen LogP) is 1.26. The van der Waals surface area contributed by atoms with Gasteiger partial charge in [-0.3, -0.25) is 0 Å². The lowest BCUT2D eigenvalue weighted by Gasteiger charge is -2.23. The van der Waals surface area contributed by atoms with E-state index in [9.17, 15) is 0 Å². The molecule has 0 spiro atoms. The molecule has 0 amide bonds.